The molecule has 13 heavy (non-hydrogen) atoms. The Kier molecular flexibility index (Phi) is 3.40. The molecule has 1 amide bonds. The first kappa shape index (κ1) is 9.67. The van der Waals surface area contributed by atoms with E-state index in [-0.39, 0.29) is 12.5 Å². The molecule has 0 aliphatic rings. The summed E-state index contributed by atoms with van der Waals surface area (Å²) in [7, 11) is 0. The first-order valence-electron chi connectivity index (χ1n) is 4.12. The fourth-order valence-electron chi connectivity index (χ4n) is 0.823. The minimum atomic E-state index is -0.0655. The molecule has 4 nitrogen and oxygen atoms in total. The van der Waals surface area contributed by atoms with Crippen molar-refractivity contribution in [1.29, 1.82) is 0 Å². The molecule has 70 valence electrons. The van der Waals surface area contributed by atoms with E-state index < -0.39 is 0 Å². The van der Waals surface area contributed by atoms with Crippen molar-refractivity contribution in [2.24, 2.45) is 0 Å². The smallest absolute Gasteiger partial charge is 0.225 e. The highest BCUT2D eigenvalue weighted by Gasteiger charge is 1.99. The number of hydrogen-bond acceptors (Lipinski definition) is 3. The lowest BCUT2D eigenvalue weighted by Gasteiger charge is -2.02. The molecule has 0 aliphatic carbocycles. The number of aliphatic hydroxyl groups is 1. The van der Waals surface area contributed by atoms with Crippen LogP contribution in [0.5, 0.6) is 0 Å². The van der Waals surface area contributed by atoms with Crippen LogP contribution in [0.1, 0.15) is 18.9 Å². The van der Waals surface area contributed by atoms with Crippen molar-refractivity contribution in [3.63, 3.8) is 0 Å². The van der Waals surface area contributed by atoms with Gasteiger partial charge in [-0.15, -0.1) is 0 Å². The van der Waals surface area contributed by atoms with Gasteiger partial charge in [-0.3, -0.25) is 4.79 Å². The maximum atomic E-state index is 10.9. The first-order chi connectivity index (χ1) is 6.26. The average molecular weight is 180 g/mol. The Balaban J connectivity index is 2.64. The number of nitrogens with zero attached hydrogens (tertiary/aromatic N) is 1. The van der Waals surface area contributed by atoms with Crippen LogP contribution in [0.2, 0.25) is 0 Å². The van der Waals surface area contributed by atoms with E-state index >= 15 is 0 Å². The van der Waals surface area contributed by atoms with E-state index in [9.17, 15) is 4.79 Å². The molecule has 0 aromatic carbocycles. The van der Waals surface area contributed by atoms with Gasteiger partial charge in [0.15, 0.2) is 0 Å². The van der Waals surface area contributed by atoms with Crippen LogP contribution in [-0.2, 0) is 11.4 Å². The Labute approximate surface area is 76.6 Å². The highest BCUT2D eigenvalue weighted by molar-refractivity contribution is 5.89. The van der Waals surface area contributed by atoms with Crippen molar-refractivity contribution in [3.8, 4) is 0 Å². The maximum Gasteiger partial charge on any atom is 0.225 e. The molecule has 2 N–H and O–H groups in total. The number of aliphatic hydroxyl groups excluding tert-OH is 1. The highest BCUT2D eigenvalue weighted by atomic mass is 16.3. The SMILES string of the molecule is CCC(=O)Nc1ccc(CO)cn1. The number of carbonyl (C=O) groups excluding carboxylic acids is 1. The van der Waals surface area contributed by atoms with Gasteiger partial charge in [-0.25, -0.2) is 4.98 Å². The van der Waals surface area contributed by atoms with Crippen LogP contribution >= 0.6 is 0 Å². The molecule has 0 fully saturated rings. The third-order valence-corrected chi connectivity index (χ3v) is 1.60. The van der Waals surface area contributed by atoms with Gasteiger partial charge in [-0.1, -0.05) is 13.0 Å². The van der Waals surface area contributed by atoms with Crippen LogP contribution in [0.3, 0.4) is 0 Å². The summed E-state index contributed by atoms with van der Waals surface area (Å²) in [4.78, 5) is 14.9. The van der Waals surface area contributed by atoms with E-state index in [1.165, 1.54) is 6.20 Å². The number of amides is 1. The topological polar surface area (TPSA) is 62.2 Å². The molecular weight excluding hydrogens is 168 g/mol. The number of anilines is 1. The molecule has 0 saturated heterocycles. The van der Waals surface area contributed by atoms with Gasteiger partial charge in [0.2, 0.25) is 5.91 Å². The Morgan fingerprint density at radius 1 is 1.62 bits per heavy atom. The summed E-state index contributed by atoms with van der Waals surface area (Å²) in [6, 6.07) is 3.39. The van der Waals surface area contributed by atoms with Crippen LogP contribution in [0.25, 0.3) is 0 Å². The lowest BCUT2D eigenvalue weighted by atomic mass is 10.3. The lowest BCUT2D eigenvalue weighted by molar-refractivity contribution is -0.115. The third kappa shape index (κ3) is 2.83. The molecule has 1 heterocycles. The summed E-state index contributed by atoms with van der Waals surface area (Å²) in [5.41, 5.74) is 0.731. The van der Waals surface area contributed by atoms with Gasteiger partial charge < -0.3 is 10.4 Å². The van der Waals surface area contributed by atoms with E-state index in [0.717, 1.165) is 5.56 Å². The minimum Gasteiger partial charge on any atom is -0.392 e. The molecule has 0 atom stereocenters. The number of hydrogen-bond donors (Lipinski definition) is 2. The fraction of sp³-hybridized carbons (Fsp3) is 0.333. The van der Waals surface area contributed by atoms with Crippen LogP contribution in [0.4, 0.5) is 5.82 Å². The van der Waals surface area contributed by atoms with E-state index in [2.05, 4.69) is 10.3 Å². The third-order valence-electron chi connectivity index (χ3n) is 1.60. The van der Waals surface area contributed by atoms with Gasteiger partial charge in [-0.05, 0) is 11.6 Å². The molecule has 1 aromatic heterocycles. The van der Waals surface area contributed by atoms with Gasteiger partial charge in [0.1, 0.15) is 5.82 Å². The fourth-order valence-corrected chi connectivity index (χ4v) is 0.823. The van der Waals surface area contributed by atoms with E-state index in [0.29, 0.717) is 12.2 Å². The Morgan fingerprint density at radius 3 is 2.85 bits per heavy atom. The number of pyridine rings is 1. The second kappa shape index (κ2) is 4.57. The maximum absolute atomic E-state index is 10.9. The second-order valence-electron chi connectivity index (χ2n) is 2.61. The van der Waals surface area contributed by atoms with Gasteiger partial charge in [-0.2, -0.15) is 0 Å². The summed E-state index contributed by atoms with van der Waals surface area (Å²) >= 11 is 0. The summed E-state index contributed by atoms with van der Waals surface area (Å²) < 4.78 is 0. The molecular formula is C9H12N2O2. The van der Waals surface area contributed by atoms with E-state index in [1.54, 1.807) is 19.1 Å². The summed E-state index contributed by atoms with van der Waals surface area (Å²) in [6.07, 6.45) is 1.97. The minimum absolute atomic E-state index is 0.0327. The Hall–Kier alpha value is -1.42. The predicted octanol–water partition coefficient (Wildman–Crippen LogP) is 0.922. The van der Waals surface area contributed by atoms with Crippen molar-refractivity contribution in [2.45, 2.75) is 20.0 Å². The van der Waals surface area contributed by atoms with Crippen LogP contribution in [0.15, 0.2) is 18.3 Å². The molecule has 0 spiro atoms. The zero-order valence-corrected chi connectivity index (χ0v) is 7.45. The molecule has 0 unspecified atom stereocenters. The van der Waals surface area contributed by atoms with Gasteiger partial charge in [0.05, 0.1) is 6.61 Å². The van der Waals surface area contributed by atoms with Crippen molar-refractivity contribution < 1.29 is 9.90 Å². The van der Waals surface area contributed by atoms with Crippen molar-refractivity contribution >= 4 is 11.7 Å². The van der Waals surface area contributed by atoms with Crippen LogP contribution in [0, 0.1) is 0 Å². The number of aromatic nitrogens is 1. The van der Waals surface area contributed by atoms with E-state index in [1.807, 2.05) is 0 Å². The summed E-state index contributed by atoms with van der Waals surface area (Å²) in [5, 5.41) is 11.3. The molecule has 0 aliphatic heterocycles. The average Bonchev–Trinajstić information content (AvgIpc) is 2.19. The molecule has 4 heteroatoms. The highest BCUT2D eigenvalue weighted by Crippen LogP contribution is 2.04. The number of nitrogens with one attached hydrogen (secondary N) is 1. The molecule has 1 rings (SSSR count). The molecule has 0 bridgehead atoms. The Morgan fingerprint density at radius 2 is 2.38 bits per heavy atom. The number of carbonyl (C=O) groups is 1. The predicted molar refractivity (Wildman–Crippen MR) is 49.1 cm³/mol. The normalized spacial score (nSPS) is 9.69. The molecule has 0 radical (unpaired) electrons. The first-order valence-corrected chi connectivity index (χ1v) is 4.12. The zero-order valence-electron chi connectivity index (χ0n) is 7.45. The van der Waals surface area contributed by atoms with Gasteiger partial charge in [0, 0.05) is 12.6 Å². The molecule has 0 saturated carbocycles. The Bertz CT molecular complexity index is 282. The summed E-state index contributed by atoms with van der Waals surface area (Å²) in [6.45, 7) is 1.74. The van der Waals surface area contributed by atoms with Crippen LogP contribution in [-0.4, -0.2) is 16.0 Å². The van der Waals surface area contributed by atoms with Crippen LogP contribution < -0.4 is 5.32 Å². The van der Waals surface area contributed by atoms with Crippen molar-refractivity contribution in [1.82, 2.24) is 4.98 Å². The monoisotopic (exact) mass is 180 g/mol. The summed E-state index contributed by atoms with van der Waals surface area (Å²) in [5.74, 6) is 0.452. The second-order valence-corrected chi connectivity index (χ2v) is 2.61. The molecule has 1 aromatic rings. The van der Waals surface area contributed by atoms with Gasteiger partial charge in [0.25, 0.3) is 0 Å². The number of rotatable bonds is 3. The standard InChI is InChI=1S/C9H12N2O2/c1-2-9(13)11-8-4-3-7(6-12)5-10-8/h3-5,12H,2,6H2,1H3,(H,10,11,13). The quantitative estimate of drug-likeness (QED) is 0.727. The largest absolute Gasteiger partial charge is 0.392 e. The van der Waals surface area contributed by atoms with Crippen molar-refractivity contribution in [3.05, 3.63) is 23.9 Å². The zero-order chi connectivity index (χ0) is 9.68. The lowest BCUT2D eigenvalue weighted by Crippen LogP contribution is -2.10. The van der Waals surface area contributed by atoms with Crippen molar-refractivity contribution in [2.75, 3.05) is 5.32 Å². The van der Waals surface area contributed by atoms with E-state index in [4.69, 9.17) is 5.11 Å². The van der Waals surface area contributed by atoms with Gasteiger partial charge >= 0.3 is 0 Å².